The Morgan fingerprint density at radius 1 is 1.47 bits per heavy atom. The molecule has 1 heterocycles. The lowest BCUT2D eigenvalue weighted by molar-refractivity contribution is 0.533. The summed E-state index contributed by atoms with van der Waals surface area (Å²) in [7, 11) is 2.03. The molecule has 1 saturated carbocycles. The Kier molecular flexibility index (Phi) is 3.56. The first-order valence-electron chi connectivity index (χ1n) is 5.41. The van der Waals surface area contributed by atoms with Gasteiger partial charge in [-0.15, -0.1) is 0 Å². The maximum absolute atomic E-state index is 4.43. The zero-order valence-corrected chi connectivity index (χ0v) is 12.3. The van der Waals surface area contributed by atoms with Crippen LogP contribution in [0.1, 0.15) is 30.7 Å². The Morgan fingerprint density at radius 3 is 2.67 bits per heavy atom. The Balaban J connectivity index is 2.16. The number of hydrogen-bond acceptors (Lipinski definition) is 1. The first-order valence-corrected chi connectivity index (χ1v) is 7.12. The third-order valence-corrected chi connectivity index (χ3v) is 5.52. The van der Waals surface area contributed by atoms with Gasteiger partial charge in [0.1, 0.15) is 0 Å². The van der Waals surface area contributed by atoms with Gasteiger partial charge in [0.15, 0.2) is 0 Å². The number of nitrogens with zero attached hydrogens (tertiary/aromatic N) is 2. The van der Waals surface area contributed by atoms with Gasteiger partial charge in [-0.3, -0.25) is 4.68 Å². The Morgan fingerprint density at radius 2 is 2.20 bits per heavy atom. The van der Waals surface area contributed by atoms with Crippen LogP contribution >= 0.6 is 31.9 Å². The molecular weight excluding hydrogens is 320 g/mol. The molecule has 15 heavy (non-hydrogen) atoms. The number of rotatable bonds is 2. The fourth-order valence-electron chi connectivity index (χ4n) is 2.37. The monoisotopic (exact) mass is 334 g/mol. The molecular formula is C11H16Br2N2. The third-order valence-electron chi connectivity index (χ3n) is 3.28. The van der Waals surface area contributed by atoms with E-state index in [1.807, 2.05) is 18.7 Å². The second kappa shape index (κ2) is 4.58. The molecule has 2 nitrogen and oxygen atoms in total. The van der Waals surface area contributed by atoms with Gasteiger partial charge in [-0.05, 0) is 48.0 Å². The largest absolute Gasteiger partial charge is 0.271 e. The summed E-state index contributed by atoms with van der Waals surface area (Å²) in [4.78, 5) is 0.694. The molecule has 2 rings (SSSR count). The predicted molar refractivity (Wildman–Crippen MR) is 69.4 cm³/mol. The molecule has 0 saturated heterocycles. The van der Waals surface area contributed by atoms with Crippen LogP contribution in [0.3, 0.4) is 0 Å². The normalized spacial score (nSPS) is 26.1. The molecule has 0 N–H and O–H groups in total. The lowest BCUT2D eigenvalue weighted by Crippen LogP contribution is -2.12. The molecule has 84 valence electrons. The van der Waals surface area contributed by atoms with Crippen LogP contribution in [0.25, 0.3) is 0 Å². The van der Waals surface area contributed by atoms with E-state index < -0.39 is 0 Å². The van der Waals surface area contributed by atoms with Crippen LogP contribution in [0.5, 0.6) is 0 Å². The molecule has 0 radical (unpaired) electrons. The van der Waals surface area contributed by atoms with Crippen LogP contribution in [-0.4, -0.2) is 14.6 Å². The van der Waals surface area contributed by atoms with Crippen LogP contribution in [0.2, 0.25) is 0 Å². The first-order chi connectivity index (χ1) is 7.09. The second-order valence-corrected chi connectivity index (χ2v) is 6.35. The van der Waals surface area contributed by atoms with Crippen LogP contribution < -0.4 is 0 Å². The van der Waals surface area contributed by atoms with E-state index in [1.54, 1.807) is 0 Å². The Labute approximate surface area is 108 Å². The smallest absolute Gasteiger partial charge is 0.0738 e. The summed E-state index contributed by atoms with van der Waals surface area (Å²) in [6.45, 7) is 2.05. The van der Waals surface area contributed by atoms with Gasteiger partial charge >= 0.3 is 0 Å². The number of aryl methyl sites for hydroxylation is 2. The zero-order chi connectivity index (χ0) is 11.0. The molecule has 1 aliphatic rings. The van der Waals surface area contributed by atoms with Gasteiger partial charge in [0, 0.05) is 11.9 Å². The minimum absolute atomic E-state index is 0.694. The van der Waals surface area contributed by atoms with Crippen molar-refractivity contribution < 1.29 is 0 Å². The topological polar surface area (TPSA) is 17.8 Å². The highest BCUT2D eigenvalue weighted by atomic mass is 79.9. The van der Waals surface area contributed by atoms with E-state index in [9.17, 15) is 0 Å². The molecule has 0 spiro atoms. The highest BCUT2D eigenvalue weighted by Gasteiger charge is 2.27. The summed E-state index contributed by atoms with van der Waals surface area (Å²) < 4.78 is 3.20. The molecule has 1 aromatic heterocycles. The van der Waals surface area contributed by atoms with Crippen molar-refractivity contribution in [2.45, 2.75) is 37.4 Å². The molecule has 2 atom stereocenters. The maximum Gasteiger partial charge on any atom is 0.0738 e. The van der Waals surface area contributed by atoms with E-state index in [1.165, 1.54) is 29.4 Å². The summed E-state index contributed by atoms with van der Waals surface area (Å²) in [5.74, 6) is 0.774. The van der Waals surface area contributed by atoms with Crippen molar-refractivity contribution in [3.63, 3.8) is 0 Å². The molecule has 2 unspecified atom stereocenters. The van der Waals surface area contributed by atoms with Gasteiger partial charge in [0.2, 0.25) is 0 Å². The molecule has 1 fully saturated rings. The molecule has 0 bridgehead atoms. The van der Waals surface area contributed by atoms with Crippen LogP contribution in [0.15, 0.2) is 4.47 Å². The van der Waals surface area contributed by atoms with Gasteiger partial charge < -0.3 is 0 Å². The van der Waals surface area contributed by atoms with Crippen molar-refractivity contribution in [3.05, 3.63) is 15.9 Å². The molecule has 1 aromatic rings. The van der Waals surface area contributed by atoms with Gasteiger partial charge in [-0.2, -0.15) is 5.10 Å². The van der Waals surface area contributed by atoms with Crippen molar-refractivity contribution in [2.75, 3.05) is 0 Å². The predicted octanol–water partition coefficient (Wildman–Crippen LogP) is 3.60. The lowest BCUT2D eigenvalue weighted by atomic mass is 10.0. The quantitative estimate of drug-likeness (QED) is 0.755. The summed E-state index contributed by atoms with van der Waals surface area (Å²) in [5.41, 5.74) is 2.43. The number of hydrogen-bond donors (Lipinski definition) is 0. The van der Waals surface area contributed by atoms with Gasteiger partial charge in [-0.25, -0.2) is 0 Å². The van der Waals surface area contributed by atoms with E-state index in [4.69, 9.17) is 0 Å². The van der Waals surface area contributed by atoms with E-state index in [0.29, 0.717) is 4.83 Å². The Bertz CT molecular complexity index is 360. The fraction of sp³-hybridized carbons (Fsp3) is 0.727. The number of halogens is 2. The van der Waals surface area contributed by atoms with E-state index in [2.05, 4.69) is 37.0 Å². The van der Waals surface area contributed by atoms with Crippen LogP contribution in [-0.2, 0) is 13.5 Å². The van der Waals surface area contributed by atoms with Crippen molar-refractivity contribution in [1.29, 1.82) is 0 Å². The minimum atomic E-state index is 0.694. The second-order valence-electron chi connectivity index (χ2n) is 4.38. The summed E-state index contributed by atoms with van der Waals surface area (Å²) in [6.07, 6.45) is 5.15. The van der Waals surface area contributed by atoms with Crippen molar-refractivity contribution in [2.24, 2.45) is 13.0 Å². The van der Waals surface area contributed by atoms with Crippen molar-refractivity contribution in [1.82, 2.24) is 9.78 Å². The van der Waals surface area contributed by atoms with E-state index in [0.717, 1.165) is 18.0 Å². The van der Waals surface area contributed by atoms with E-state index >= 15 is 0 Å². The SMILES string of the molecule is Cc1nn(C)c(CC2CCCC2Br)c1Br. The Hall–Kier alpha value is 0.170. The average Bonchev–Trinajstić information content (AvgIpc) is 2.67. The third kappa shape index (κ3) is 2.31. The van der Waals surface area contributed by atoms with Gasteiger partial charge in [0.25, 0.3) is 0 Å². The molecule has 0 aliphatic heterocycles. The summed E-state index contributed by atoms with van der Waals surface area (Å²) >= 11 is 7.40. The summed E-state index contributed by atoms with van der Waals surface area (Å²) in [5, 5.41) is 4.43. The maximum atomic E-state index is 4.43. The summed E-state index contributed by atoms with van der Waals surface area (Å²) in [6, 6.07) is 0. The van der Waals surface area contributed by atoms with Gasteiger partial charge in [-0.1, -0.05) is 22.4 Å². The van der Waals surface area contributed by atoms with E-state index in [-0.39, 0.29) is 0 Å². The minimum Gasteiger partial charge on any atom is -0.271 e. The lowest BCUT2D eigenvalue weighted by Gasteiger charge is -2.14. The molecule has 0 aromatic carbocycles. The molecule has 4 heteroatoms. The van der Waals surface area contributed by atoms with Gasteiger partial charge in [0.05, 0.1) is 15.9 Å². The fourth-order valence-corrected chi connectivity index (χ4v) is 3.64. The number of alkyl halides is 1. The van der Waals surface area contributed by atoms with Crippen LogP contribution in [0.4, 0.5) is 0 Å². The van der Waals surface area contributed by atoms with Crippen molar-refractivity contribution >= 4 is 31.9 Å². The van der Waals surface area contributed by atoms with Crippen LogP contribution in [0, 0.1) is 12.8 Å². The molecule has 1 aliphatic carbocycles. The number of aromatic nitrogens is 2. The highest BCUT2D eigenvalue weighted by Crippen LogP contribution is 2.35. The standard InChI is InChI=1S/C11H16Br2N2/c1-7-11(13)10(15(2)14-7)6-8-4-3-5-9(8)12/h8-9H,3-6H2,1-2H3. The highest BCUT2D eigenvalue weighted by molar-refractivity contribution is 9.10. The van der Waals surface area contributed by atoms with Crippen molar-refractivity contribution in [3.8, 4) is 0 Å². The zero-order valence-electron chi connectivity index (χ0n) is 9.13. The first kappa shape index (κ1) is 11.6. The molecule has 0 amide bonds. The average molecular weight is 336 g/mol.